The van der Waals surface area contributed by atoms with Gasteiger partial charge in [-0.1, -0.05) is 18.5 Å². The number of pyridine rings is 1. The number of aromatic amines is 1. The summed E-state index contributed by atoms with van der Waals surface area (Å²) in [6, 6.07) is 4.25. The number of hydrogen-bond donors (Lipinski definition) is 2. The summed E-state index contributed by atoms with van der Waals surface area (Å²) in [5, 5.41) is 15.1. The third kappa shape index (κ3) is 4.16. The first-order valence-electron chi connectivity index (χ1n) is 11.2. The van der Waals surface area contributed by atoms with Crippen LogP contribution in [0, 0.1) is 12.7 Å². The van der Waals surface area contributed by atoms with Crippen molar-refractivity contribution in [2.24, 2.45) is 0 Å². The smallest absolute Gasteiger partial charge is 0.387 e. The van der Waals surface area contributed by atoms with E-state index in [1.165, 1.54) is 0 Å². The molecule has 2 N–H and O–H groups in total. The third-order valence-electron chi connectivity index (χ3n) is 6.82. The number of ether oxygens (including phenoxy) is 1. The van der Waals surface area contributed by atoms with E-state index in [1.807, 2.05) is 24.6 Å². The first kappa shape index (κ1) is 23.7. The van der Waals surface area contributed by atoms with Gasteiger partial charge in [-0.2, -0.15) is 13.9 Å². The molecule has 0 spiro atoms. The lowest BCUT2D eigenvalue weighted by atomic mass is 9.77. The molecule has 1 aliphatic carbocycles. The lowest BCUT2D eigenvalue weighted by Gasteiger charge is -2.41. The maximum Gasteiger partial charge on any atom is 0.387 e. The Kier molecular flexibility index (Phi) is 5.80. The maximum atomic E-state index is 14.3. The second-order valence-corrected chi connectivity index (χ2v) is 9.76. The van der Waals surface area contributed by atoms with Crippen molar-refractivity contribution in [1.29, 1.82) is 0 Å². The fourth-order valence-corrected chi connectivity index (χ4v) is 5.36. The Morgan fingerprint density at radius 3 is 2.71 bits per heavy atom. The molecule has 35 heavy (non-hydrogen) atoms. The minimum atomic E-state index is -3.07. The molecule has 1 atom stereocenters. The van der Waals surface area contributed by atoms with Crippen LogP contribution in [0.2, 0.25) is 5.02 Å². The number of rotatable bonds is 6. The van der Waals surface area contributed by atoms with E-state index in [2.05, 4.69) is 19.8 Å². The average Bonchev–Trinajstić information content (AvgIpc) is 3.37. The number of aliphatic hydroxyl groups is 1. The number of nitrogens with zero attached hydrogens (tertiary/aromatic N) is 3. The molecule has 5 rings (SSSR count). The first-order chi connectivity index (χ1) is 16.6. The summed E-state index contributed by atoms with van der Waals surface area (Å²) in [5.74, 6) is -1.46. The molecule has 0 unspecified atom stereocenters. The van der Waals surface area contributed by atoms with Gasteiger partial charge in [-0.25, -0.2) is 9.37 Å². The number of benzene rings is 1. The Bertz CT molecular complexity index is 1410. The molecule has 3 heterocycles. The van der Waals surface area contributed by atoms with E-state index in [0.29, 0.717) is 24.1 Å². The Morgan fingerprint density at radius 2 is 2.03 bits per heavy atom. The predicted octanol–water partition coefficient (Wildman–Crippen LogP) is 6.37. The van der Waals surface area contributed by atoms with Crippen LogP contribution in [0.1, 0.15) is 55.5 Å². The molecule has 1 saturated carbocycles. The zero-order chi connectivity index (χ0) is 25.1. The van der Waals surface area contributed by atoms with Gasteiger partial charge in [0.05, 0.1) is 22.9 Å². The van der Waals surface area contributed by atoms with Gasteiger partial charge in [0.2, 0.25) is 0 Å². The van der Waals surface area contributed by atoms with E-state index < -0.39 is 23.9 Å². The number of H-pyrrole nitrogens is 1. The second-order valence-electron chi connectivity index (χ2n) is 9.38. The Morgan fingerprint density at radius 1 is 1.29 bits per heavy atom. The lowest BCUT2D eigenvalue weighted by Crippen LogP contribution is -2.42. The van der Waals surface area contributed by atoms with Crippen LogP contribution in [0.25, 0.3) is 22.2 Å². The quantitative estimate of drug-likeness (QED) is 0.320. The standard InChI is InChI=1S/C25H24ClF3N4O2/c1-12(21-20(35-24(28)29)5-4-19(27)22(21)26)17-10-31-23-16(17)6-14(9-30-23)18-11-32-33(13(18)2)15-7-25(3,34)8-15/h4-6,9-12,15,24,34H,7-8H2,1-3H3,(H,30,31)/t12-,15?,25?/m0/s1. The fraction of sp³-hybridized carbons (Fsp3) is 0.360. The van der Waals surface area contributed by atoms with Crippen LogP contribution in [0.4, 0.5) is 13.2 Å². The molecule has 10 heteroatoms. The Hall–Kier alpha value is -3.04. The summed E-state index contributed by atoms with van der Waals surface area (Å²) >= 11 is 6.21. The summed E-state index contributed by atoms with van der Waals surface area (Å²) in [6.07, 6.45) is 6.51. The van der Waals surface area contributed by atoms with Crippen LogP contribution < -0.4 is 4.74 Å². The van der Waals surface area contributed by atoms with Gasteiger partial charge in [-0.15, -0.1) is 0 Å². The van der Waals surface area contributed by atoms with Crippen LogP contribution in [-0.2, 0) is 0 Å². The number of alkyl halides is 2. The average molecular weight is 505 g/mol. The molecule has 184 valence electrons. The molecule has 1 aromatic carbocycles. The van der Waals surface area contributed by atoms with E-state index in [-0.39, 0.29) is 22.4 Å². The van der Waals surface area contributed by atoms with Crippen LogP contribution in [0.3, 0.4) is 0 Å². The first-order valence-corrected chi connectivity index (χ1v) is 11.6. The van der Waals surface area contributed by atoms with Crippen LogP contribution in [-0.4, -0.2) is 37.1 Å². The molecule has 0 saturated heterocycles. The van der Waals surface area contributed by atoms with Crippen molar-refractivity contribution in [2.45, 2.75) is 57.8 Å². The molecule has 6 nitrogen and oxygen atoms in total. The van der Waals surface area contributed by atoms with Crippen molar-refractivity contribution in [1.82, 2.24) is 19.7 Å². The highest BCUT2D eigenvalue weighted by Crippen LogP contribution is 2.43. The molecular weight excluding hydrogens is 481 g/mol. The minimum Gasteiger partial charge on any atom is -0.434 e. The monoisotopic (exact) mass is 504 g/mol. The summed E-state index contributed by atoms with van der Waals surface area (Å²) in [5.41, 5.74) is 3.47. The van der Waals surface area contributed by atoms with Gasteiger partial charge in [0, 0.05) is 46.1 Å². The molecule has 0 bridgehead atoms. The minimum absolute atomic E-state index is 0.138. The largest absolute Gasteiger partial charge is 0.434 e. The number of fused-ring (bicyclic) bond motifs is 1. The molecule has 0 amide bonds. The van der Waals surface area contributed by atoms with Crippen molar-refractivity contribution in [3.63, 3.8) is 0 Å². The van der Waals surface area contributed by atoms with E-state index in [4.69, 9.17) is 11.6 Å². The van der Waals surface area contributed by atoms with Gasteiger partial charge in [0.1, 0.15) is 17.2 Å². The van der Waals surface area contributed by atoms with Gasteiger partial charge >= 0.3 is 6.61 Å². The molecule has 3 aromatic heterocycles. The Balaban J connectivity index is 1.54. The molecular formula is C25H24ClF3N4O2. The van der Waals surface area contributed by atoms with E-state index in [9.17, 15) is 18.3 Å². The van der Waals surface area contributed by atoms with Crippen LogP contribution >= 0.6 is 11.6 Å². The summed E-state index contributed by atoms with van der Waals surface area (Å²) in [7, 11) is 0. The molecule has 1 aliphatic rings. The van der Waals surface area contributed by atoms with Crippen LogP contribution in [0.5, 0.6) is 5.75 Å². The molecule has 0 aliphatic heterocycles. The second kappa shape index (κ2) is 8.57. The predicted molar refractivity (Wildman–Crippen MR) is 127 cm³/mol. The summed E-state index contributed by atoms with van der Waals surface area (Å²) in [4.78, 5) is 7.62. The maximum absolute atomic E-state index is 14.3. The summed E-state index contributed by atoms with van der Waals surface area (Å²) < 4.78 is 46.8. The third-order valence-corrected chi connectivity index (χ3v) is 7.21. The van der Waals surface area contributed by atoms with Crippen molar-refractivity contribution in [3.8, 4) is 16.9 Å². The lowest BCUT2D eigenvalue weighted by molar-refractivity contribution is -0.0548. The number of hydrogen-bond acceptors (Lipinski definition) is 4. The Labute approximate surface area is 204 Å². The highest BCUT2D eigenvalue weighted by molar-refractivity contribution is 6.31. The highest BCUT2D eigenvalue weighted by Gasteiger charge is 2.40. The topological polar surface area (TPSA) is 76.0 Å². The van der Waals surface area contributed by atoms with E-state index >= 15 is 0 Å². The van der Waals surface area contributed by atoms with Gasteiger partial charge in [-0.3, -0.25) is 4.68 Å². The number of halogens is 4. The normalized spacial score (nSPS) is 20.9. The van der Waals surface area contributed by atoms with E-state index in [1.54, 1.807) is 25.5 Å². The van der Waals surface area contributed by atoms with Crippen molar-refractivity contribution in [2.75, 3.05) is 0 Å². The van der Waals surface area contributed by atoms with Crippen molar-refractivity contribution < 1.29 is 23.0 Å². The van der Waals surface area contributed by atoms with Gasteiger partial charge in [-0.05, 0) is 50.5 Å². The number of nitrogens with one attached hydrogen (secondary N) is 1. The van der Waals surface area contributed by atoms with Crippen LogP contribution in [0.15, 0.2) is 36.8 Å². The highest BCUT2D eigenvalue weighted by atomic mass is 35.5. The fourth-order valence-electron chi connectivity index (χ4n) is 5.04. The molecule has 1 fully saturated rings. The van der Waals surface area contributed by atoms with Gasteiger partial charge in [0.25, 0.3) is 0 Å². The molecule has 0 radical (unpaired) electrons. The SMILES string of the molecule is Cc1c(-c2cnc3[nH]cc([C@H](C)c4c(OC(F)F)ccc(F)c4Cl)c3c2)cnn1C1CC(C)(O)C1. The van der Waals surface area contributed by atoms with E-state index in [0.717, 1.165) is 34.3 Å². The summed E-state index contributed by atoms with van der Waals surface area (Å²) in [6.45, 7) is 2.47. The van der Waals surface area contributed by atoms with Gasteiger partial charge < -0.3 is 14.8 Å². The zero-order valence-electron chi connectivity index (χ0n) is 19.3. The number of aromatic nitrogens is 4. The van der Waals surface area contributed by atoms with Crippen molar-refractivity contribution in [3.05, 3.63) is 64.5 Å². The van der Waals surface area contributed by atoms with Gasteiger partial charge in [0.15, 0.2) is 0 Å². The zero-order valence-corrected chi connectivity index (χ0v) is 20.1. The van der Waals surface area contributed by atoms with Crippen molar-refractivity contribution >= 4 is 22.6 Å². The molecule has 4 aromatic rings.